The van der Waals surface area contributed by atoms with Gasteiger partial charge in [0.25, 0.3) is 0 Å². The fraction of sp³-hybridized carbons (Fsp3) is 1.00. The first-order chi connectivity index (χ1) is 7.87. The maximum absolute atomic E-state index is 5.50. The van der Waals surface area contributed by atoms with Crippen molar-refractivity contribution >= 4 is 0 Å². The predicted molar refractivity (Wildman–Crippen MR) is 71.0 cm³/mol. The predicted octanol–water partition coefficient (Wildman–Crippen LogP) is 2.66. The van der Waals surface area contributed by atoms with Gasteiger partial charge < -0.3 is 14.8 Å². The molecule has 3 heteroatoms. The summed E-state index contributed by atoms with van der Waals surface area (Å²) in [5.41, 5.74) is 0.902. The molecular formula is C14H29NO2. The average molecular weight is 243 g/mol. The summed E-state index contributed by atoms with van der Waals surface area (Å²) in [6.45, 7) is 16.6. The van der Waals surface area contributed by atoms with Crippen LogP contribution < -0.4 is 5.32 Å². The van der Waals surface area contributed by atoms with Gasteiger partial charge in [-0.1, -0.05) is 27.7 Å². The van der Waals surface area contributed by atoms with E-state index in [2.05, 4.69) is 33.0 Å². The molecular weight excluding hydrogens is 214 g/mol. The molecule has 0 saturated heterocycles. The lowest BCUT2D eigenvalue weighted by Crippen LogP contribution is -2.33. The van der Waals surface area contributed by atoms with Crippen LogP contribution in [0.4, 0.5) is 0 Å². The Morgan fingerprint density at radius 2 is 1.47 bits per heavy atom. The summed E-state index contributed by atoms with van der Waals surface area (Å²) in [6, 6.07) is 0. The molecule has 0 spiro atoms. The van der Waals surface area contributed by atoms with E-state index in [1.165, 1.54) is 0 Å². The summed E-state index contributed by atoms with van der Waals surface area (Å²) in [4.78, 5) is 0. The van der Waals surface area contributed by atoms with Gasteiger partial charge in [-0.15, -0.1) is 0 Å². The van der Waals surface area contributed by atoms with E-state index < -0.39 is 0 Å². The van der Waals surface area contributed by atoms with Crippen LogP contribution in [-0.2, 0) is 9.47 Å². The van der Waals surface area contributed by atoms with Gasteiger partial charge in [-0.25, -0.2) is 0 Å². The van der Waals surface area contributed by atoms with Gasteiger partial charge in [0, 0.05) is 19.8 Å². The van der Waals surface area contributed by atoms with Crippen LogP contribution in [0.1, 0.15) is 41.5 Å². The van der Waals surface area contributed by atoms with Crippen LogP contribution in [0.5, 0.6) is 0 Å². The zero-order chi connectivity index (χ0) is 13.1. The van der Waals surface area contributed by atoms with Gasteiger partial charge in [0.05, 0.1) is 0 Å². The monoisotopic (exact) mass is 243 g/mol. The second-order valence-electron chi connectivity index (χ2n) is 5.99. The van der Waals surface area contributed by atoms with E-state index in [1.54, 1.807) is 0 Å². The Morgan fingerprint density at radius 1 is 1.00 bits per heavy atom. The maximum atomic E-state index is 5.50. The van der Waals surface area contributed by atoms with Gasteiger partial charge in [-0.2, -0.15) is 0 Å². The van der Waals surface area contributed by atoms with E-state index in [9.17, 15) is 0 Å². The molecule has 1 aliphatic carbocycles. The summed E-state index contributed by atoms with van der Waals surface area (Å²) in [6.07, 6.45) is -0.102. The Kier molecular flexibility index (Phi) is 4.99. The molecule has 1 N–H and O–H groups in total. The van der Waals surface area contributed by atoms with Crippen molar-refractivity contribution in [1.29, 1.82) is 0 Å². The molecule has 0 unspecified atom stereocenters. The lowest BCUT2D eigenvalue weighted by Gasteiger charge is -2.17. The standard InChI is InChI=1S/C14H29NO2/c1-7-16-12(17-8-2)10-15-9-11-13(3,4)14(11,5)6/h11-12,15H,7-10H2,1-6H3. The van der Waals surface area contributed by atoms with Gasteiger partial charge >= 0.3 is 0 Å². The zero-order valence-corrected chi connectivity index (χ0v) is 12.3. The second kappa shape index (κ2) is 5.68. The molecule has 3 nitrogen and oxygen atoms in total. The maximum Gasteiger partial charge on any atom is 0.169 e. The van der Waals surface area contributed by atoms with E-state index in [-0.39, 0.29) is 6.29 Å². The Hall–Kier alpha value is -0.120. The normalized spacial score (nSPS) is 22.1. The van der Waals surface area contributed by atoms with E-state index in [1.807, 2.05) is 13.8 Å². The number of hydrogen-bond donors (Lipinski definition) is 1. The van der Waals surface area contributed by atoms with E-state index in [4.69, 9.17) is 9.47 Å². The van der Waals surface area contributed by atoms with Crippen molar-refractivity contribution in [2.24, 2.45) is 16.7 Å². The summed E-state index contributed by atoms with van der Waals surface area (Å²) < 4.78 is 11.0. The molecule has 0 aromatic carbocycles. The van der Waals surface area contributed by atoms with Crippen molar-refractivity contribution in [3.05, 3.63) is 0 Å². The van der Waals surface area contributed by atoms with Gasteiger partial charge in [-0.3, -0.25) is 0 Å². The summed E-state index contributed by atoms with van der Waals surface area (Å²) in [5.74, 6) is 0.749. The number of ether oxygens (including phenoxy) is 2. The van der Waals surface area contributed by atoms with E-state index in [0.29, 0.717) is 24.0 Å². The molecule has 0 aromatic rings. The number of nitrogens with one attached hydrogen (secondary N) is 1. The summed E-state index contributed by atoms with van der Waals surface area (Å²) >= 11 is 0. The Labute approximate surface area is 106 Å². The minimum Gasteiger partial charge on any atom is -0.352 e. The Morgan fingerprint density at radius 3 is 1.82 bits per heavy atom. The SMILES string of the molecule is CCOC(CNCC1C(C)(C)C1(C)C)OCC. The lowest BCUT2D eigenvalue weighted by atomic mass is 10.0. The third-order valence-corrected chi connectivity index (χ3v) is 4.68. The first-order valence-electron chi connectivity index (χ1n) is 6.81. The summed E-state index contributed by atoms with van der Waals surface area (Å²) in [5, 5.41) is 3.48. The molecule has 0 aliphatic heterocycles. The van der Waals surface area contributed by atoms with Crippen LogP contribution in [-0.4, -0.2) is 32.6 Å². The molecule has 1 saturated carbocycles. The number of rotatable bonds is 8. The van der Waals surface area contributed by atoms with Gasteiger partial charge in [-0.05, 0) is 37.1 Å². The van der Waals surface area contributed by atoms with Crippen LogP contribution in [0.15, 0.2) is 0 Å². The van der Waals surface area contributed by atoms with Gasteiger partial charge in [0.15, 0.2) is 6.29 Å². The minimum atomic E-state index is -0.102. The quantitative estimate of drug-likeness (QED) is 0.665. The first-order valence-corrected chi connectivity index (χ1v) is 6.81. The fourth-order valence-electron chi connectivity index (χ4n) is 2.73. The molecule has 1 rings (SSSR count). The van der Waals surface area contributed by atoms with Crippen LogP contribution in [0, 0.1) is 16.7 Å². The van der Waals surface area contributed by atoms with Crippen molar-refractivity contribution in [2.45, 2.75) is 47.8 Å². The molecule has 0 heterocycles. The number of hydrogen-bond acceptors (Lipinski definition) is 3. The zero-order valence-electron chi connectivity index (χ0n) is 12.3. The molecule has 1 aliphatic rings. The second-order valence-corrected chi connectivity index (χ2v) is 5.99. The van der Waals surface area contributed by atoms with Crippen molar-refractivity contribution in [3.63, 3.8) is 0 Å². The minimum absolute atomic E-state index is 0.102. The highest BCUT2D eigenvalue weighted by atomic mass is 16.7. The topological polar surface area (TPSA) is 30.5 Å². The third kappa shape index (κ3) is 3.21. The third-order valence-electron chi connectivity index (χ3n) is 4.68. The highest BCUT2D eigenvalue weighted by Crippen LogP contribution is 2.67. The first kappa shape index (κ1) is 14.9. The largest absolute Gasteiger partial charge is 0.352 e. The van der Waals surface area contributed by atoms with Crippen LogP contribution in [0.2, 0.25) is 0 Å². The molecule has 0 aromatic heterocycles. The van der Waals surface area contributed by atoms with Gasteiger partial charge in [0.1, 0.15) is 0 Å². The smallest absolute Gasteiger partial charge is 0.169 e. The fourth-order valence-corrected chi connectivity index (χ4v) is 2.73. The highest BCUT2D eigenvalue weighted by Gasteiger charge is 2.63. The van der Waals surface area contributed by atoms with Crippen LogP contribution in [0.3, 0.4) is 0 Å². The van der Waals surface area contributed by atoms with Gasteiger partial charge in [0.2, 0.25) is 0 Å². The van der Waals surface area contributed by atoms with Crippen LogP contribution in [0.25, 0.3) is 0 Å². The average Bonchev–Trinajstić information content (AvgIpc) is 2.61. The summed E-state index contributed by atoms with van der Waals surface area (Å²) in [7, 11) is 0. The molecule has 102 valence electrons. The molecule has 0 radical (unpaired) electrons. The van der Waals surface area contributed by atoms with Crippen molar-refractivity contribution in [2.75, 3.05) is 26.3 Å². The highest BCUT2D eigenvalue weighted by molar-refractivity contribution is 5.12. The molecule has 0 bridgehead atoms. The van der Waals surface area contributed by atoms with E-state index in [0.717, 1.165) is 19.0 Å². The Balaban J connectivity index is 2.24. The van der Waals surface area contributed by atoms with Crippen LogP contribution >= 0.6 is 0 Å². The van der Waals surface area contributed by atoms with Crippen molar-refractivity contribution in [1.82, 2.24) is 5.32 Å². The molecule has 0 atom stereocenters. The molecule has 1 fully saturated rings. The van der Waals surface area contributed by atoms with Crippen molar-refractivity contribution in [3.8, 4) is 0 Å². The van der Waals surface area contributed by atoms with E-state index >= 15 is 0 Å². The molecule has 0 amide bonds. The lowest BCUT2D eigenvalue weighted by molar-refractivity contribution is -0.132. The Bertz CT molecular complexity index is 218. The van der Waals surface area contributed by atoms with Crippen molar-refractivity contribution < 1.29 is 9.47 Å². The molecule has 17 heavy (non-hydrogen) atoms.